The molecule has 134 valence electrons. The van der Waals surface area contributed by atoms with Gasteiger partial charge in [0.1, 0.15) is 0 Å². The molecular formula is C19H24N2O3S. The van der Waals surface area contributed by atoms with E-state index in [1.54, 1.807) is 32.2 Å². The molecular weight excluding hydrogens is 336 g/mol. The molecule has 0 aliphatic carbocycles. The Morgan fingerprint density at radius 2 is 1.84 bits per heavy atom. The monoisotopic (exact) mass is 360 g/mol. The molecule has 1 saturated heterocycles. The summed E-state index contributed by atoms with van der Waals surface area (Å²) < 4.78 is 33.4. The number of hydrogen-bond donors (Lipinski definition) is 1. The molecule has 1 atom stereocenters. The SMILES string of the molecule is COC1CCN(c2ccc(NS(=O)(=O)c3cc(C)ccc3C)cc2)C1. The van der Waals surface area contributed by atoms with Crippen LogP contribution in [0.4, 0.5) is 11.4 Å². The Hall–Kier alpha value is -2.05. The maximum absolute atomic E-state index is 12.7. The van der Waals surface area contributed by atoms with Gasteiger partial charge in [0.15, 0.2) is 0 Å². The summed E-state index contributed by atoms with van der Waals surface area (Å²) in [4.78, 5) is 2.57. The average molecular weight is 360 g/mol. The van der Waals surface area contributed by atoms with Crippen molar-refractivity contribution in [2.24, 2.45) is 0 Å². The van der Waals surface area contributed by atoms with Crippen molar-refractivity contribution in [1.82, 2.24) is 0 Å². The highest BCUT2D eigenvalue weighted by molar-refractivity contribution is 7.92. The molecule has 1 heterocycles. The number of ether oxygens (including phenoxy) is 1. The fourth-order valence-corrected chi connectivity index (χ4v) is 4.49. The van der Waals surface area contributed by atoms with E-state index >= 15 is 0 Å². The normalized spacial score (nSPS) is 17.7. The van der Waals surface area contributed by atoms with E-state index in [0.717, 1.165) is 36.3 Å². The number of methoxy groups -OCH3 is 1. The molecule has 3 rings (SSSR count). The summed E-state index contributed by atoms with van der Waals surface area (Å²) in [6.07, 6.45) is 1.28. The van der Waals surface area contributed by atoms with Crippen LogP contribution in [-0.4, -0.2) is 34.7 Å². The van der Waals surface area contributed by atoms with Crippen molar-refractivity contribution < 1.29 is 13.2 Å². The Morgan fingerprint density at radius 3 is 2.48 bits per heavy atom. The van der Waals surface area contributed by atoms with Crippen LogP contribution in [0.15, 0.2) is 47.4 Å². The summed E-state index contributed by atoms with van der Waals surface area (Å²) in [6.45, 7) is 5.50. The lowest BCUT2D eigenvalue weighted by molar-refractivity contribution is 0.121. The lowest BCUT2D eigenvalue weighted by Crippen LogP contribution is -2.22. The van der Waals surface area contributed by atoms with Gasteiger partial charge in [-0.2, -0.15) is 0 Å². The van der Waals surface area contributed by atoms with Crippen LogP contribution >= 0.6 is 0 Å². The molecule has 0 amide bonds. The Balaban J connectivity index is 1.76. The van der Waals surface area contributed by atoms with Crippen molar-refractivity contribution in [3.8, 4) is 0 Å². The standard InChI is InChI=1S/C19H24N2O3S/c1-14-4-5-15(2)19(12-14)25(22,23)20-16-6-8-17(9-7-16)21-11-10-18(13-21)24-3/h4-9,12,18,20H,10-11,13H2,1-3H3. The van der Waals surface area contributed by atoms with E-state index in [4.69, 9.17) is 4.74 Å². The molecule has 0 saturated carbocycles. The molecule has 1 N–H and O–H groups in total. The van der Waals surface area contributed by atoms with Gasteiger partial charge in [0.05, 0.1) is 11.0 Å². The van der Waals surface area contributed by atoms with Gasteiger partial charge in [-0.3, -0.25) is 4.72 Å². The number of nitrogens with one attached hydrogen (secondary N) is 1. The predicted octanol–water partition coefficient (Wildman–Crippen LogP) is 3.33. The fraction of sp³-hybridized carbons (Fsp3) is 0.368. The quantitative estimate of drug-likeness (QED) is 0.889. The number of hydrogen-bond acceptors (Lipinski definition) is 4. The van der Waals surface area contributed by atoms with Crippen LogP contribution < -0.4 is 9.62 Å². The summed E-state index contributed by atoms with van der Waals surface area (Å²) in [7, 11) is -1.86. The van der Waals surface area contributed by atoms with E-state index in [1.807, 2.05) is 31.2 Å². The minimum atomic E-state index is -3.59. The van der Waals surface area contributed by atoms with Gasteiger partial charge in [-0.1, -0.05) is 12.1 Å². The largest absolute Gasteiger partial charge is 0.380 e. The number of rotatable bonds is 5. The van der Waals surface area contributed by atoms with Gasteiger partial charge in [0.2, 0.25) is 0 Å². The first kappa shape index (κ1) is 17.8. The van der Waals surface area contributed by atoms with Crippen LogP contribution in [0.2, 0.25) is 0 Å². The lowest BCUT2D eigenvalue weighted by Gasteiger charge is -2.19. The Kier molecular flexibility index (Phi) is 5.01. The van der Waals surface area contributed by atoms with Gasteiger partial charge < -0.3 is 9.64 Å². The zero-order valence-electron chi connectivity index (χ0n) is 14.8. The first-order valence-corrected chi connectivity index (χ1v) is 9.85. The molecule has 6 heteroatoms. The second-order valence-corrected chi connectivity index (χ2v) is 8.16. The third-order valence-electron chi connectivity index (χ3n) is 4.60. The first-order chi connectivity index (χ1) is 11.9. The zero-order valence-corrected chi connectivity index (χ0v) is 15.6. The van der Waals surface area contributed by atoms with E-state index in [-0.39, 0.29) is 6.10 Å². The first-order valence-electron chi connectivity index (χ1n) is 8.37. The highest BCUT2D eigenvalue weighted by Gasteiger charge is 2.22. The molecule has 25 heavy (non-hydrogen) atoms. The third kappa shape index (κ3) is 3.96. The zero-order chi connectivity index (χ0) is 18.0. The van der Waals surface area contributed by atoms with Crippen LogP contribution in [0.3, 0.4) is 0 Å². The van der Waals surface area contributed by atoms with Crippen LogP contribution in [0.5, 0.6) is 0 Å². The Bertz CT molecular complexity index is 847. The van der Waals surface area contributed by atoms with Crippen molar-refractivity contribution in [3.63, 3.8) is 0 Å². The molecule has 2 aromatic carbocycles. The topological polar surface area (TPSA) is 58.6 Å². The molecule has 1 aliphatic rings. The maximum atomic E-state index is 12.7. The van der Waals surface area contributed by atoms with Crippen LogP contribution in [-0.2, 0) is 14.8 Å². The van der Waals surface area contributed by atoms with E-state index in [0.29, 0.717) is 10.6 Å². The molecule has 0 radical (unpaired) electrons. The fourth-order valence-electron chi connectivity index (χ4n) is 3.10. The van der Waals surface area contributed by atoms with Crippen molar-refractivity contribution in [1.29, 1.82) is 0 Å². The number of anilines is 2. The maximum Gasteiger partial charge on any atom is 0.262 e. The van der Waals surface area contributed by atoms with Crippen LogP contribution in [0, 0.1) is 13.8 Å². The second kappa shape index (κ2) is 7.06. The highest BCUT2D eigenvalue weighted by atomic mass is 32.2. The Morgan fingerprint density at radius 1 is 1.12 bits per heavy atom. The van der Waals surface area contributed by atoms with Crippen LogP contribution in [0.1, 0.15) is 17.5 Å². The van der Waals surface area contributed by atoms with Crippen molar-refractivity contribution in [3.05, 3.63) is 53.6 Å². The van der Waals surface area contributed by atoms with Gasteiger partial charge in [-0.15, -0.1) is 0 Å². The summed E-state index contributed by atoms with van der Waals surface area (Å²) in [6, 6.07) is 12.9. The van der Waals surface area contributed by atoms with Gasteiger partial charge in [0.25, 0.3) is 10.0 Å². The summed E-state index contributed by atoms with van der Waals surface area (Å²) in [5.41, 5.74) is 3.29. The van der Waals surface area contributed by atoms with Gasteiger partial charge in [-0.05, 0) is 61.7 Å². The number of benzene rings is 2. The molecule has 0 bridgehead atoms. The third-order valence-corrected chi connectivity index (χ3v) is 6.12. The van der Waals surface area contributed by atoms with Gasteiger partial charge >= 0.3 is 0 Å². The predicted molar refractivity (Wildman–Crippen MR) is 101 cm³/mol. The smallest absolute Gasteiger partial charge is 0.262 e. The summed E-state index contributed by atoms with van der Waals surface area (Å²) in [5, 5.41) is 0. The Labute approximate surface area is 149 Å². The molecule has 2 aromatic rings. The summed E-state index contributed by atoms with van der Waals surface area (Å²) >= 11 is 0. The molecule has 0 spiro atoms. The minimum absolute atomic E-state index is 0.266. The number of aryl methyl sites for hydroxylation is 2. The van der Waals surface area contributed by atoms with E-state index in [9.17, 15) is 8.42 Å². The summed E-state index contributed by atoms with van der Waals surface area (Å²) in [5.74, 6) is 0. The average Bonchev–Trinajstić information content (AvgIpc) is 3.06. The van der Waals surface area contributed by atoms with E-state index in [2.05, 4.69) is 9.62 Å². The molecule has 1 fully saturated rings. The molecule has 1 unspecified atom stereocenters. The minimum Gasteiger partial charge on any atom is -0.380 e. The lowest BCUT2D eigenvalue weighted by atomic mass is 10.2. The van der Waals surface area contributed by atoms with Gasteiger partial charge in [0, 0.05) is 31.6 Å². The second-order valence-electron chi connectivity index (χ2n) is 6.51. The number of nitrogens with zero attached hydrogens (tertiary/aromatic N) is 1. The van der Waals surface area contributed by atoms with Crippen molar-refractivity contribution >= 4 is 21.4 Å². The highest BCUT2D eigenvalue weighted by Crippen LogP contribution is 2.25. The number of sulfonamides is 1. The van der Waals surface area contributed by atoms with Gasteiger partial charge in [-0.25, -0.2) is 8.42 Å². The van der Waals surface area contributed by atoms with Crippen molar-refractivity contribution in [2.45, 2.75) is 31.3 Å². The van der Waals surface area contributed by atoms with E-state index in [1.165, 1.54) is 0 Å². The van der Waals surface area contributed by atoms with Crippen LogP contribution in [0.25, 0.3) is 0 Å². The molecule has 1 aliphatic heterocycles. The van der Waals surface area contributed by atoms with E-state index < -0.39 is 10.0 Å². The molecule has 5 nitrogen and oxygen atoms in total. The van der Waals surface area contributed by atoms with Crippen molar-refractivity contribution in [2.75, 3.05) is 29.8 Å². The molecule has 0 aromatic heterocycles.